The van der Waals surface area contributed by atoms with E-state index >= 15 is 0 Å². The average Bonchev–Trinajstić information content (AvgIpc) is 2.79. The van der Waals surface area contributed by atoms with E-state index in [2.05, 4.69) is 84.4 Å². The van der Waals surface area contributed by atoms with Gasteiger partial charge < -0.3 is 12.4 Å². The summed E-state index contributed by atoms with van der Waals surface area (Å²) < 4.78 is 0. The Morgan fingerprint density at radius 3 is 1.47 bits per heavy atom. The minimum atomic E-state index is -1.66. The molecule has 180 valence electrons. The predicted octanol–water partition coefficient (Wildman–Crippen LogP) is 9.79. The van der Waals surface area contributed by atoms with E-state index in [0.717, 1.165) is 52.9 Å². The van der Waals surface area contributed by atoms with Crippen LogP contribution in [0.5, 0.6) is 0 Å². The third-order valence-electron chi connectivity index (χ3n) is 8.56. The van der Waals surface area contributed by atoms with Gasteiger partial charge in [-0.1, -0.05) is 110 Å². The van der Waals surface area contributed by atoms with Gasteiger partial charge in [-0.05, 0) is 48.3 Å². The van der Waals surface area contributed by atoms with E-state index in [0.29, 0.717) is 10.9 Å². The van der Waals surface area contributed by atoms with Gasteiger partial charge in [0.25, 0.3) is 0 Å². The number of alkyl halides is 1. The molecule has 2 aliphatic carbocycles. The quantitative estimate of drug-likeness (QED) is 0.176. The van der Waals surface area contributed by atoms with Gasteiger partial charge in [0.05, 0.1) is 0 Å². The van der Waals surface area contributed by atoms with Crippen LogP contribution in [0.3, 0.4) is 0 Å². The fourth-order valence-corrected chi connectivity index (χ4v) is 12.0. The van der Waals surface area contributed by atoms with Gasteiger partial charge in [-0.3, -0.25) is 0 Å². The van der Waals surface area contributed by atoms with E-state index < -0.39 is 25.3 Å². The van der Waals surface area contributed by atoms with Gasteiger partial charge in [-0.2, -0.15) is 0 Å². The Labute approximate surface area is 215 Å². The number of hydrogen-bond acceptors (Lipinski definition) is 0. The zero-order chi connectivity index (χ0) is 22.7. The molecule has 0 aliphatic heterocycles. The Hall–Kier alpha value is 1.95. The summed E-state index contributed by atoms with van der Waals surface area (Å²) in [5, 5.41) is 0. The molecule has 0 aromatic carbocycles. The summed E-state index contributed by atoms with van der Waals surface area (Å²) in [6.45, 7) is 24.9. The molecule has 6 unspecified atom stereocenters. The molecule has 0 bridgehead atoms. The molecule has 2 aliphatic rings. The minimum absolute atomic E-state index is 0. The van der Waals surface area contributed by atoms with Crippen LogP contribution in [0.4, 0.5) is 0 Å². The van der Waals surface area contributed by atoms with Gasteiger partial charge in [0.1, 0.15) is 0 Å². The first-order chi connectivity index (χ1) is 13.3. The van der Waals surface area contributed by atoms with Crippen LogP contribution >= 0.6 is 34.5 Å². The molecule has 2 saturated carbocycles. The molecule has 0 radical (unpaired) electrons. The Bertz CT molecular complexity index is 462. The van der Waals surface area contributed by atoms with E-state index in [4.69, 9.17) is 23.6 Å². The second-order valence-corrected chi connectivity index (χ2v) is 19.3. The van der Waals surface area contributed by atoms with Crippen LogP contribution < -0.4 is 0 Å². The summed E-state index contributed by atoms with van der Waals surface area (Å²) in [6.07, 6.45) is 2.62. The first kappa shape index (κ1) is 32.0. The molecule has 0 aromatic heterocycles. The van der Waals surface area contributed by atoms with Crippen molar-refractivity contribution < 1.29 is 17.0 Å². The van der Waals surface area contributed by atoms with Crippen LogP contribution in [0.15, 0.2) is 0 Å². The van der Waals surface area contributed by atoms with Crippen LogP contribution in [-0.2, 0) is 17.0 Å². The maximum atomic E-state index is 5.88. The van der Waals surface area contributed by atoms with Gasteiger partial charge >= 0.3 is 35.6 Å². The van der Waals surface area contributed by atoms with Gasteiger partial charge in [-0.25, -0.2) is 0 Å². The fraction of sp³-hybridized carbons (Fsp3) is 0.958. The summed E-state index contributed by atoms with van der Waals surface area (Å²) in [7, 11) is 8.12. The van der Waals surface area contributed by atoms with Crippen molar-refractivity contribution in [2.75, 3.05) is 0 Å². The SMILES string of the molecule is CC(C)C1CC(Br)CC(C(C)C)C1[N-][Si](C)(C)C1C(C)C(C)C(C)C1C.[CH3-].[Cl][Ti][Cl]. The summed E-state index contributed by atoms with van der Waals surface area (Å²) in [5.74, 6) is 6.29. The molecule has 0 heterocycles. The number of rotatable bonds is 5. The molecule has 0 amide bonds. The third kappa shape index (κ3) is 7.74. The molecule has 2 fully saturated rings. The average molecular weight is 577 g/mol. The standard InChI is InChI=1S/C23H45BrNSi.CH3.2ClH.Ti/c1-13(2)20-11-19(24)12-21(14(3)4)22(20)25-26(9,10)23-17(7)15(5)16(6)18(23)8;;;;/h13-23H,11-12H2,1-10H3;1H3;2*1H;/q2*-1;;;+2/p-2. The first-order valence-electron chi connectivity index (χ1n) is 11.6. The number of halogens is 3. The van der Waals surface area contributed by atoms with Crippen molar-refractivity contribution in [2.45, 2.75) is 97.7 Å². The summed E-state index contributed by atoms with van der Waals surface area (Å²) in [4.78, 5) is 6.56. The third-order valence-corrected chi connectivity index (χ3v) is 13.0. The van der Waals surface area contributed by atoms with Crippen molar-refractivity contribution in [1.82, 2.24) is 0 Å². The molecule has 0 spiro atoms. The number of nitrogens with zero attached hydrogens (tertiary/aromatic N) is 1. The van der Waals surface area contributed by atoms with E-state index in [9.17, 15) is 0 Å². The predicted molar refractivity (Wildman–Crippen MR) is 142 cm³/mol. The van der Waals surface area contributed by atoms with Crippen LogP contribution in [0.25, 0.3) is 4.98 Å². The topological polar surface area (TPSA) is 14.1 Å². The molecule has 6 heteroatoms. The Morgan fingerprint density at radius 2 is 1.17 bits per heavy atom. The molecule has 0 saturated heterocycles. The Kier molecular flexibility index (Phi) is 14.6. The number of hydrogen-bond donors (Lipinski definition) is 0. The Morgan fingerprint density at radius 1 is 0.833 bits per heavy atom. The molecular formula is C24H48BrCl2NSiTi-2. The van der Waals surface area contributed by atoms with E-state index in [1.54, 1.807) is 0 Å². The fourth-order valence-electron chi connectivity index (χ4n) is 6.66. The van der Waals surface area contributed by atoms with Crippen LogP contribution in [0, 0.1) is 54.8 Å². The summed E-state index contributed by atoms with van der Waals surface area (Å²) in [6, 6.07) is 0.580. The van der Waals surface area contributed by atoms with Crippen LogP contribution in [-0.4, -0.2) is 19.1 Å². The summed E-state index contributed by atoms with van der Waals surface area (Å²) in [5.41, 5.74) is 0.842. The Balaban J connectivity index is 0.00000198. The molecule has 0 N–H and O–H groups in total. The second-order valence-electron chi connectivity index (χ2n) is 11.2. The van der Waals surface area contributed by atoms with Crippen molar-refractivity contribution in [3.63, 3.8) is 0 Å². The molecule has 1 nitrogen and oxygen atoms in total. The van der Waals surface area contributed by atoms with Gasteiger partial charge in [0.15, 0.2) is 0 Å². The van der Waals surface area contributed by atoms with Gasteiger partial charge in [0.2, 0.25) is 0 Å². The second kappa shape index (κ2) is 13.7. The van der Waals surface area contributed by atoms with Crippen molar-refractivity contribution in [1.29, 1.82) is 0 Å². The normalized spacial score (nSPS) is 39.4. The van der Waals surface area contributed by atoms with Gasteiger partial charge in [-0.15, -0.1) is 6.04 Å². The summed E-state index contributed by atoms with van der Waals surface area (Å²) >= 11 is 3.43. The molecule has 2 rings (SSSR count). The van der Waals surface area contributed by atoms with Crippen molar-refractivity contribution in [3.05, 3.63) is 12.4 Å². The van der Waals surface area contributed by atoms with Crippen LogP contribution in [0.1, 0.15) is 68.2 Å². The molecule has 6 atom stereocenters. The van der Waals surface area contributed by atoms with E-state index in [1.807, 2.05) is 0 Å². The molecule has 30 heavy (non-hydrogen) atoms. The van der Waals surface area contributed by atoms with Crippen molar-refractivity contribution >= 4 is 42.8 Å². The van der Waals surface area contributed by atoms with Crippen molar-refractivity contribution in [3.8, 4) is 0 Å². The maximum absolute atomic E-state index is 5.88. The molecular weight excluding hydrogens is 529 g/mol. The molecule has 0 aromatic rings. The first-order valence-corrected chi connectivity index (χ1v) is 19.9. The van der Waals surface area contributed by atoms with E-state index in [1.165, 1.54) is 12.8 Å². The zero-order valence-electron chi connectivity index (χ0n) is 21.3. The van der Waals surface area contributed by atoms with Crippen molar-refractivity contribution in [2.24, 2.45) is 47.3 Å². The monoisotopic (exact) mass is 575 g/mol. The zero-order valence-corrected chi connectivity index (χ0v) is 27.0. The van der Waals surface area contributed by atoms with Gasteiger partial charge in [0, 0.05) is 4.83 Å². The van der Waals surface area contributed by atoms with E-state index in [-0.39, 0.29) is 7.43 Å². The van der Waals surface area contributed by atoms with Crippen LogP contribution in [0.2, 0.25) is 18.6 Å².